The lowest BCUT2D eigenvalue weighted by molar-refractivity contribution is 0.601. The zero-order chi connectivity index (χ0) is 15.6. The molecule has 3 N–H and O–H groups in total. The number of nitrogen functional groups attached to an aromatic ring is 1. The van der Waals surface area contributed by atoms with Gasteiger partial charge in [-0.1, -0.05) is 29.3 Å². The predicted octanol–water partition coefficient (Wildman–Crippen LogP) is 3.25. The van der Waals surface area contributed by atoms with Gasteiger partial charge in [0.2, 0.25) is 0 Å². The summed E-state index contributed by atoms with van der Waals surface area (Å²) in [6, 6.07) is 10.3. The van der Waals surface area contributed by atoms with Crippen molar-refractivity contribution >= 4 is 44.6 Å². The number of hydrogen-bond acceptors (Lipinski definition) is 4. The first kappa shape index (κ1) is 15.4. The van der Waals surface area contributed by atoms with E-state index < -0.39 is 10.0 Å². The number of rotatable bonds is 3. The van der Waals surface area contributed by atoms with Gasteiger partial charge in [0.05, 0.1) is 21.3 Å². The van der Waals surface area contributed by atoms with E-state index in [0.29, 0.717) is 5.69 Å². The van der Waals surface area contributed by atoms with Crippen LogP contribution in [0.1, 0.15) is 5.56 Å². The molecule has 0 saturated carbocycles. The van der Waals surface area contributed by atoms with Crippen LogP contribution in [0, 0.1) is 11.3 Å². The third kappa shape index (κ3) is 3.22. The number of nitrogens with two attached hydrogens (primary N) is 1. The van der Waals surface area contributed by atoms with E-state index >= 15 is 0 Å². The Bertz CT molecular complexity index is 845. The predicted molar refractivity (Wildman–Crippen MR) is 82.8 cm³/mol. The molecule has 2 aromatic rings. The van der Waals surface area contributed by atoms with Gasteiger partial charge in [0.1, 0.15) is 11.0 Å². The molecular formula is C13H9Cl2N3O2S. The molecule has 0 aromatic heterocycles. The SMILES string of the molecule is N#Cc1cc(N)ccc1S(=O)(=O)Nc1cccc(Cl)c1Cl. The molecule has 2 aromatic carbocycles. The molecule has 0 radical (unpaired) electrons. The molecule has 0 atom stereocenters. The Balaban J connectivity index is 2.49. The molecule has 0 heterocycles. The number of nitriles is 1. The van der Waals surface area contributed by atoms with E-state index in [-0.39, 0.29) is 26.2 Å². The van der Waals surface area contributed by atoms with E-state index in [1.54, 1.807) is 12.1 Å². The van der Waals surface area contributed by atoms with Crippen LogP contribution in [-0.4, -0.2) is 8.42 Å². The Morgan fingerprint density at radius 1 is 1.19 bits per heavy atom. The van der Waals surface area contributed by atoms with E-state index in [1.807, 2.05) is 0 Å². The van der Waals surface area contributed by atoms with Crippen molar-refractivity contribution in [2.75, 3.05) is 10.5 Å². The van der Waals surface area contributed by atoms with Gasteiger partial charge in [-0.3, -0.25) is 4.72 Å². The van der Waals surface area contributed by atoms with Crippen molar-refractivity contribution in [1.82, 2.24) is 0 Å². The highest BCUT2D eigenvalue weighted by molar-refractivity contribution is 7.92. The fourth-order valence-corrected chi connectivity index (χ4v) is 3.27. The van der Waals surface area contributed by atoms with Gasteiger partial charge in [0, 0.05) is 5.69 Å². The fraction of sp³-hybridized carbons (Fsp3) is 0. The molecule has 0 aliphatic heterocycles. The fourth-order valence-electron chi connectivity index (χ4n) is 1.65. The van der Waals surface area contributed by atoms with Crippen molar-refractivity contribution in [3.8, 4) is 6.07 Å². The van der Waals surface area contributed by atoms with Gasteiger partial charge >= 0.3 is 0 Å². The number of sulfonamides is 1. The molecule has 0 fully saturated rings. The van der Waals surface area contributed by atoms with Crippen LogP contribution < -0.4 is 10.5 Å². The summed E-state index contributed by atoms with van der Waals surface area (Å²) in [6.07, 6.45) is 0. The maximum atomic E-state index is 12.4. The Hall–Kier alpha value is -1.94. The van der Waals surface area contributed by atoms with Crippen LogP contribution in [0.4, 0.5) is 11.4 Å². The smallest absolute Gasteiger partial charge is 0.263 e. The molecule has 0 aliphatic rings. The van der Waals surface area contributed by atoms with E-state index in [9.17, 15) is 8.42 Å². The Morgan fingerprint density at radius 2 is 1.90 bits per heavy atom. The van der Waals surface area contributed by atoms with Gasteiger partial charge in [-0.05, 0) is 30.3 Å². The minimum absolute atomic E-state index is 0.0550. The second kappa shape index (κ2) is 5.82. The van der Waals surface area contributed by atoms with Crippen LogP contribution in [-0.2, 0) is 10.0 Å². The monoisotopic (exact) mass is 341 g/mol. The van der Waals surface area contributed by atoms with Crippen molar-refractivity contribution < 1.29 is 8.42 Å². The number of benzene rings is 2. The van der Waals surface area contributed by atoms with Crippen LogP contribution >= 0.6 is 23.2 Å². The summed E-state index contributed by atoms with van der Waals surface area (Å²) in [4.78, 5) is -0.185. The third-order valence-electron chi connectivity index (χ3n) is 2.61. The summed E-state index contributed by atoms with van der Waals surface area (Å²) in [5.74, 6) is 0. The third-order valence-corrected chi connectivity index (χ3v) is 4.85. The Kier molecular flexibility index (Phi) is 4.28. The molecule has 0 spiro atoms. The lowest BCUT2D eigenvalue weighted by Gasteiger charge is -2.11. The lowest BCUT2D eigenvalue weighted by Crippen LogP contribution is -2.15. The molecule has 0 unspecified atom stereocenters. The highest BCUT2D eigenvalue weighted by Crippen LogP contribution is 2.31. The molecule has 0 aliphatic carbocycles. The lowest BCUT2D eigenvalue weighted by atomic mass is 10.2. The highest BCUT2D eigenvalue weighted by atomic mass is 35.5. The minimum atomic E-state index is -3.98. The number of nitrogens with one attached hydrogen (secondary N) is 1. The minimum Gasteiger partial charge on any atom is -0.399 e. The van der Waals surface area contributed by atoms with Crippen molar-refractivity contribution in [2.24, 2.45) is 0 Å². The van der Waals surface area contributed by atoms with Crippen LogP contribution in [0.15, 0.2) is 41.3 Å². The van der Waals surface area contributed by atoms with Gasteiger partial charge in [-0.25, -0.2) is 8.42 Å². The summed E-state index contributed by atoms with van der Waals surface area (Å²) < 4.78 is 27.0. The van der Waals surface area contributed by atoms with E-state index in [4.69, 9.17) is 34.2 Å². The summed E-state index contributed by atoms with van der Waals surface area (Å²) in [7, 11) is -3.98. The van der Waals surface area contributed by atoms with Crippen LogP contribution in [0.2, 0.25) is 10.0 Å². The van der Waals surface area contributed by atoms with Crippen molar-refractivity contribution in [1.29, 1.82) is 5.26 Å². The summed E-state index contributed by atoms with van der Waals surface area (Å²) in [5.41, 5.74) is 5.91. The quantitative estimate of drug-likeness (QED) is 0.837. The molecule has 0 bridgehead atoms. The van der Waals surface area contributed by atoms with Crippen LogP contribution in [0.5, 0.6) is 0 Å². The second-order valence-corrected chi connectivity index (χ2v) is 6.51. The Morgan fingerprint density at radius 3 is 2.57 bits per heavy atom. The first-order valence-electron chi connectivity index (χ1n) is 5.61. The Labute approximate surface area is 132 Å². The van der Waals surface area contributed by atoms with Gasteiger partial charge in [0.15, 0.2) is 0 Å². The number of hydrogen-bond donors (Lipinski definition) is 2. The van der Waals surface area contributed by atoms with Gasteiger partial charge in [0.25, 0.3) is 10.0 Å². The largest absolute Gasteiger partial charge is 0.399 e. The number of anilines is 2. The zero-order valence-corrected chi connectivity index (χ0v) is 12.8. The van der Waals surface area contributed by atoms with Crippen LogP contribution in [0.25, 0.3) is 0 Å². The van der Waals surface area contributed by atoms with Crippen LogP contribution in [0.3, 0.4) is 0 Å². The second-order valence-electron chi connectivity index (χ2n) is 4.07. The molecule has 2 rings (SSSR count). The summed E-state index contributed by atoms with van der Waals surface area (Å²) >= 11 is 11.8. The molecule has 108 valence electrons. The van der Waals surface area contributed by atoms with E-state index in [0.717, 1.165) is 0 Å². The first-order valence-corrected chi connectivity index (χ1v) is 7.85. The topological polar surface area (TPSA) is 96.0 Å². The standard InChI is InChI=1S/C13H9Cl2N3O2S/c14-10-2-1-3-11(13(10)15)18-21(19,20)12-5-4-9(17)6-8(12)7-16/h1-6,18H,17H2. The average molecular weight is 342 g/mol. The number of halogens is 2. The molecular weight excluding hydrogens is 333 g/mol. The zero-order valence-electron chi connectivity index (χ0n) is 10.5. The van der Waals surface area contributed by atoms with Crippen molar-refractivity contribution in [3.05, 3.63) is 52.0 Å². The molecule has 8 heteroatoms. The normalized spacial score (nSPS) is 10.9. The molecule has 5 nitrogen and oxygen atoms in total. The molecule has 21 heavy (non-hydrogen) atoms. The number of nitrogens with zero attached hydrogens (tertiary/aromatic N) is 1. The van der Waals surface area contributed by atoms with E-state index in [1.165, 1.54) is 30.3 Å². The first-order chi connectivity index (χ1) is 9.85. The molecule has 0 amide bonds. The van der Waals surface area contributed by atoms with Gasteiger partial charge in [-0.2, -0.15) is 5.26 Å². The molecule has 0 saturated heterocycles. The summed E-state index contributed by atoms with van der Waals surface area (Å²) in [5, 5.41) is 9.32. The van der Waals surface area contributed by atoms with Crippen molar-refractivity contribution in [2.45, 2.75) is 4.90 Å². The van der Waals surface area contributed by atoms with Gasteiger partial charge < -0.3 is 5.73 Å². The maximum absolute atomic E-state index is 12.4. The van der Waals surface area contributed by atoms with E-state index in [2.05, 4.69) is 4.72 Å². The summed E-state index contributed by atoms with van der Waals surface area (Å²) in [6.45, 7) is 0. The van der Waals surface area contributed by atoms with Gasteiger partial charge in [-0.15, -0.1) is 0 Å². The maximum Gasteiger partial charge on any atom is 0.263 e. The van der Waals surface area contributed by atoms with Crippen molar-refractivity contribution in [3.63, 3.8) is 0 Å². The average Bonchev–Trinajstić information content (AvgIpc) is 2.43. The highest BCUT2D eigenvalue weighted by Gasteiger charge is 2.20.